The smallest absolute Gasteiger partial charge is 0.220 e. The van der Waals surface area contributed by atoms with Gasteiger partial charge in [0.1, 0.15) is 0 Å². The molecule has 0 saturated heterocycles. The Morgan fingerprint density at radius 1 is 1.50 bits per heavy atom. The van der Waals surface area contributed by atoms with Gasteiger partial charge in [0.15, 0.2) is 0 Å². The molecule has 83 valence electrons. The van der Waals surface area contributed by atoms with Gasteiger partial charge in [0.05, 0.1) is 11.6 Å². The maximum Gasteiger partial charge on any atom is 0.220 e. The Labute approximate surface area is 119 Å². The molecule has 1 N–H and O–H groups in total. The molecule has 0 spiro atoms. The van der Waals surface area contributed by atoms with Gasteiger partial charge in [0, 0.05) is 38.4 Å². The molecular weight excluding hydrogens is 281 g/mol. The Morgan fingerprint density at radius 3 is 2.69 bits per heavy atom. The third kappa shape index (κ3) is 3.88. The largest absolute Gasteiger partial charge is 0.380 e. The summed E-state index contributed by atoms with van der Waals surface area (Å²) in [5, 5.41) is 8.50. The van der Waals surface area contributed by atoms with Crippen molar-refractivity contribution in [3.63, 3.8) is 0 Å². The van der Waals surface area contributed by atoms with Crippen molar-refractivity contribution in [3.8, 4) is 6.07 Å². The summed E-state index contributed by atoms with van der Waals surface area (Å²) in [4.78, 5) is 20.5. The van der Waals surface area contributed by atoms with E-state index < -0.39 is 5.69 Å². The molecule has 0 fully saturated rings. The Balaban J connectivity index is 0. The van der Waals surface area contributed by atoms with E-state index in [2.05, 4.69) is 15.0 Å². The van der Waals surface area contributed by atoms with Crippen LogP contribution in [0, 0.1) is 18.8 Å². The fourth-order valence-corrected chi connectivity index (χ4v) is 0.939. The van der Waals surface area contributed by atoms with E-state index in [0.29, 0.717) is 16.7 Å². The number of rotatable bonds is 0. The first-order chi connectivity index (χ1) is 6.79. The molecule has 2 rings (SSSR count). The van der Waals surface area contributed by atoms with E-state index in [0.717, 1.165) is 0 Å². The predicted octanol–water partition coefficient (Wildman–Crippen LogP) is 1.23. The summed E-state index contributed by atoms with van der Waals surface area (Å²) in [5.74, 6) is 0. The fourth-order valence-electron chi connectivity index (χ4n) is 0.939. The molecule has 0 aromatic carbocycles. The molecule has 0 unspecified atom stereocenters. The molecule has 2 aromatic rings. The number of pyridine rings is 1. The van der Waals surface area contributed by atoms with Gasteiger partial charge in [-0.15, -0.1) is 0 Å². The number of nitrogens with one attached hydrogen (secondary N) is 1. The van der Waals surface area contributed by atoms with Crippen LogP contribution in [0.3, 0.4) is 0 Å². The molecule has 0 aliphatic heterocycles. The third-order valence-electron chi connectivity index (χ3n) is 1.44. The van der Waals surface area contributed by atoms with Crippen LogP contribution in [0.25, 0.3) is 11.2 Å². The molecule has 16 heavy (non-hydrogen) atoms. The Kier molecular flexibility index (Phi) is 8.92. The monoisotopic (exact) mass is 293 g/mol. The number of nitriles is 1. The van der Waals surface area contributed by atoms with Gasteiger partial charge in [-0.3, -0.25) is 4.79 Å². The van der Waals surface area contributed by atoms with E-state index >= 15 is 0 Å². The number of hydrogen-bond acceptors (Lipinski definition) is 3. The molecule has 0 bridgehead atoms. The Morgan fingerprint density at radius 2 is 2.12 bits per heavy atom. The first-order valence-corrected chi connectivity index (χ1v) is 4.22. The second-order valence-electron chi connectivity index (χ2n) is 2.25. The number of H-pyrrole nitrogens is 1. The van der Waals surface area contributed by atoms with Crippen LogP contribution < -0.4 is 10.7 Å². The van der Waals surface area contributed by atoms with E-state index in [9.17, 15) is 4.79 Å². The van der Waals surface area contributed by atoms with E-state index in [1.807, 2.05) is 19.9 Å². The van der Waals surface area contributed by atoms with E-state index in [4.69, 9.17) is 5.26 Å². The summed E-state index contributed by atoms with van der Waals surface area (Å²) in [7, 11) is 0. The minimum atomic E-state index is -0.437. The van der Waals surface area contributed by atoms with Gasteiger partial charge in [-0.1, -0.05) is 13.8 Å². The first kappa shape index (κ1) is 17.4. The minimum Gasteiger partial charge on any atom is -0.380 e. The molecule has 0 atom stereocenters. The molecule has 0 aliphatic carbocycles. The molecule has 5 nitrogen and oxygen atoms in total. The quantitative estimate of drug-likeness (QED) is 0.740. The van der Waals surface area contributed by atoms with Gasteiger partial charge in [-0.25, -0.2) is 0 Å². The van der Waals surface area contributed by atoms with Crippen molar-refractivity contribution >= 4 is 11.2 Å². The minimum absolute atomic E-state index is 0. The topological polar surface area (TPSA) is 83.6 Å². The molecule has 2 heterocycles. The molecule has 1 radical (unpaired) electrons. The fraction of sp³-hybridized carbons (Fsp3) is 0.200. The van der Waals surface area contributed by atoms with Crippen molar-refractivity contribution in [2.45, 2.75) is 13.8 Å². The Bertz CT molecular complexity index is 523. The second kappa shape index (κ2) is 8.20. The summed E-state index contributed by atoms with van der Waals surface area (Å²) in [5.41, 5.74) is 0.816. The van der Waals surface area contributed by atoms with Crippen LogP contribution in [0.4, 0.5) is 0 Å². The number of imidazole rings is 1. The first-order valence-electron chi connectivity index (χ1n) is 4.22. The van der Waals surface area contributed by atoms with Gasteiger partial charge < -0.3 is 22.4 Å². The van der Waals surface area contributed by atoms with Crippen LogP contribution in [0.1, 0.15) is 19.4 Å². The van der Waals surface area contributed by atoms with Gasteiger partial charge in [0.2, 0.25) is 5.69 Å². The molecule has 2 aromatic heterocycles. The third-order valence-corrected chi connectivity index (χ3v) is 1.44. The van der Waals surface area contributed by atoms with Crippen LogP contribution in [0.15, 0.2) is 17.1 Å². The maximum absolute atomic E-state index is 10.7. The van der Waals surface area contributed by atoms with Crippen LogP contribution >= 0.6 is 0 Å². The zero-order valence-electron chi connectivity index (χ0n) is 9.48. The van der Waals surface area contributed by atoms with Crippen LogP contribution in [-0.2, 0) is 32.7 Å². The molecule has 0 aliphatic rings. The summed E-state index contributed by atoms with van der Waals surface area (Å²) < 4.78 is 0. The van der Waals surface area contributed by atoms with Crippen molar-refractivity contribution in [3.05, 3.63) is 35.7 Å². The summed E-state index contributed by atoms with van der Waals surface area (Å²) in [6.45, 7) is 4.00. The molecule has 0 amide bonds. The van der Waals surface area contributed by atoms with Crippen LogP contribution in [-0.4, -0.2) is 9.97 Å². The van der Waals surface area contributed by atoms with Gasteiger partial charge >= 0.3 is 0 Å². The number of fused-ring (bicyclic) bond motifs is 1. The summed E-state index contributed by atoms with van der Waals surface area (Å²) in [6.07, 6.45) is 1.38. The normalized spacial score (nSPS) is 7.81. The van der Waals surface area contributed by atoms with Crippen molar-refractivity contribution < 1.29 is 32.7 Å². The summed E-state index contributed by atoms with van der Waals surface area (Å²) >= 11 is 0. The van der Waals surface area contributed by atoms with Crippen molar-refractivity contribution in [2.75, 3.05) is 0 Å². The van der Waals surface area contributed by atoms with Crippen molar-refractivity contribution in [2.24, 2.45) is 0 Å². The Hall–Kier alpha value is -0.986. The van der Waals surface area contributed by atoms with Gasteiger partial charge in [-0.05, 0) is 17.8 Å². The van der Waals surface area contributed by atoms with Crippen molar-refractivity contribution in [1.29, 1.82) is 5.26 Å². The number of hydrogen-bond donors (Lipinski definition) is 1. The molecule has 6 heteroatoms. The van der Waals surface area contributed by atoms with Crippen molar-refractivity contribution in [1.82, 2.24) is 15.0 Å². The molecule has 0 saturated carbocycles. The zero-order valence-corrected chi connectivity index (χ0v) is 12.3. The van der Waals surface area contributed by atoms with Crippen LogP contribution in [0.2, 0.25) is 0 Å². The summed E-state index contributed by atoms with van der Waals surface area (Å²) in [6, 6.07) is 3.45. The molecular formula is C10H12N4OY-2. The average molecular weight is 293 g/mol. The van der Waals surface area contributed by atoms with Gasteiger partial charge in [0.25, 0.3) is 0 Å². The van der Waals surface area contributed by atoms with E-state index in [-0.39, 0.29) is 40.1 Å². The average Bonchev–Trinajstić information content (AvgIpc) is 2.59. The van der Waals surface area contributed by atoms with E-state index in [1.165, 1.54) is 12.3 Å². The van der Waals surface area contributed by atoms with Crippen LogP contribution in [0.5, 0.6) is 0 Å². The SMILES string of the molecule is CC.N#Cc1cnc2[n-]c(=O)[nH]c2c1.[CH3-].[Y]. The van der Waals surface area contributed by atoms with Gasteiger partial charge in [-0.2, -0.15) is 5.26 Å². The standard InChI is InChI=1S/C7H4N4O.C2H6.CH3.Y/c8-2-4-1-5-6(9-3-4)11-7(12)10-5;1-2;;/h1,3H,(H2,9,10,11,12);1-2H3;1H3;/q;;-1;/p-1. The number of aromatic nitrogens is 3. The predicted molar refractivity (Wildman–Crippen MR) is 58.2 cm³/mol. The second-order valence-corrected chi connectivity index (χ2v) is 2.25. The maximum atomic E-state index is 10.7. The van der Waals surface area contributed by atoms with E-state index in [1.54, 1.807) is 0 Å². The number of aromatic amines is 1. The zero-order chi connectivity index (χ0) is 10.6. The number of nitrogens with zero attached hydrogens (tertiary/aromatic N) is 3.